The molecule has 166 valence electrons. The molecule has 0 amide bonds. The SMILES string of the molecule is CCC=CC1CCC(C2C=CC(COc3ccc(CCCCC)cc3F)CC2)CC1. The molecular formula is C28H41FO. The highest BCUT2D eigenvalue weighted by atomic mass is 19.1. The quantitative estimate of drug-likeness (QED) is 0.277. The molecule has 1 aromatic carbocycles. The van der Waals surface area contributed by atoms with Gasteiger partial charge >= 0.3 is 0 Å². The normalized spacial score (nSPS) is 26.9. The Morgan fingerprint density at radius 3 is 2.50 bits per heavy atom. The molecular weight excluding hydrogens is 371 g/mol. The third-order valence-corrected chi connectivity index (χ3v) is 7.09. The average Bonchev–Trinajstić information content (AvgIpc) is 2.78. The van der Waals surface area contributed by atoms with E-state index in [0.29, 0.717) is 18.3 Å². The Morgan fingerprint density at radius 2 is 1.83 bits per heavy atom. The maximum Gasteiger partial charge on any atom is 0.165 e. The van der Waals surface area contributed by atoms with Crippen LogP contribution in [0.5, 0.6) is 5.75 Å². The standard InChI is InChI=1S/C28H41FO/c1-3-5-7-9-23-14-19-28(27(29)20-23)30-21-24-12-17-26(18-13-24)25-15-10-22(11-16-25)8-6-4-2/h6,8,12,14,17,19-20,22,24-26H,3-5,7,9-11,13,15-16,18,21H2,1-2H3. The molecule has 0 bridgehead atoms. The molecule has 0 aromatic heterocycles. The van der Waals surface area contributed by atoms with Crippen LogP contribution in [0.4, 0.5) is 4.39 Å². The molecule has 0 aliphatic heterocycles. The maximum atomic E-state index is 14.4. The van der Waals surface area contributed by atoms with E-state index in [1.54, 1.807) is 6.07 Å². The van der Waals surface area contributed by atoms with Gasteiger partial charge in [0.25, 0.3) is 0 Å². The number of rotatable bonds is 10. The maximum absolute atomic E-state index is 14.4. The summed E-state index contributed by atoms with van der Waals surface area (Å²) >= 11 is 0. The number of aryl methyl sites for hydroxylation is 1. The van der Waals surface area contributed by atoms with Gasteiger partial charge in [0, 0.05) is 5.92 Å². The van der Waals surface area contributed by atoms with Gasteiger partial charge in [-0.05, 0) is 93.2 Å². The number of allylic oxidation sites excluding steroid dienone is 3. The van der Waals surface area contributed by atoms with Crippen LogP contribution in [0.25, 0.3) is 0 Å². The van der Waals surface area contributed by atoms with Crippen molar-refractivity contribution in [2.75, 3.05) is 6.61 Å². The van der Waals surface area contributed by atoms with Crippen molar-refractivity contribution in [2.24, 2.45) is 23.7 Å². The first kappa shape index (κ1) is 23.1. The number of halogens is 1. The van der Waals surface area contributed by atoms with Crippen molar-refractivity contribution < 1.29 is 9.13 Å². The molecule has 1 saturated carbocycles. The van der Waals surface area contributed by atoms with Crippen LogP contribution >= 0.6 is 0 Å². The number of hydrogen-bond acceptors (Lipinski definition) is 1. The lowest BCUT2D eigenvalue weighted by Crippen LogP contribution is -2.24. The van der Waals surface area contributed by atoms with Crippen molar-refractivity contribution >= 4 is 0 Å². The predicted octanol–water partition coefficient (Wildman–Crippen LogP) is 8.29. The Labute approximate surface area is 183 Å². The molecule has 1 aromatic rings. The monoisotopic (exact) mass is 412 g/mol. The molecule has 1 nitrogen and oxygen atoms in total. The topological polar surface area (TPSA) is 9.23 Å². The molecule has 3 rings (SSSR count). The van der Waals surface area contributed by atoms with Crippen LogP contribution in [0, 0.1) is 29.5 Å². The van der Waals surface area contributed by atoms with Gasteiger partial charge in [0.2, 0.25) is 0 Å². The van der Waals surface area contributed by atoms with Gasteiger partial charge in [0.1, 0.15) is 0 Å². The summed E-state index contributed by atoms with van der Waals surface area (Å²) in [6.45, 7) is 4.99. The van der Waals surface area contributed by atoms with Crippen molar-refractivity contribution in [3.63, 3.8) is 0 Å². The first-order chi connectivity index (χ1) is 14.7. The molecule has 2 unspecified atom stereocenters. The van der Waals surface area contributed by atoms with E-state index in [1.807, 2.05) is 12.1 Å². The van der Waals surface area contributed by atoms with Crippen LogP contribution in [0.1, 0.15) is 83.6 Å². The van der Waals surface area contributed by atoms with Gasteiger partial charge in [-0.25, -0.2) is 4.39 Å². The molecule has 2 heteroatoms. The van der Waals surface area contributed by atoms with Gasteiger partial charge < -0.3 is 4.74 Å². The van der Waals surface area contributed by atoms with Crippen molar-refractivity contribution in [1.82, 2.24) is 0 Å². The first-order valence-corrected chi connectivity index (χ1v) is 12.5. The Balaban J connectivity index is 1.41. The highest BCUT2D eigenvalue weighted by Crippen LogP contribution is 2.39. The van der Waals surface area contributed by atoms with Crippen molar-refractivity contribution in [3.8, 4) is 5.75 Å². The third kappa shape index (κ3) is 7.00. The minimum atomic E-state index is -0.212. The summed E-state index contributed by atoms with van der Waals surface area (Å²) in [5.74, 6) is 3.00. The van der Waals surface area contributed by atoms with Crippen LogP contribution in [-0.4, -0.2) is 6.61 Å². The number of hydrogen-bond donors (Lipinski definition) is 0. The zero-order valence-electron chi connectivity index (χ0n) is 19.1. The molecule has 1 fully saturated rings. The van der Waals surface area contributed by atoms with E-state index in [-0.39, 0.29) is 5.82 Å². The van der Waals surface area contributed by atoms with E-state index >= 15 is 0 Å². The van der Waals surface area contributed by atoms with E-state index in [1.165, 1.54) is 44.9 Å². The fourth-order valence-corrected chi connectivity index (χ4v) is 5.12. The average molecular weight is 413 g/mol. The van der Waals surface area contributed by atoms with Crippen molar-refractivity contribution in [3.05, 3.63) is 53.9 Å². The summed E-state index contributed by atoms with van der Waals surface area (Å²) in [5.41, 5.74) is 1.08. The number of ether oxygens (including phenoxy) is 1. The minimum absolute atomic E-state index is 0.212. The fourth-order valence-electron chi connectivity index (χ4n) is 5.12. The largest absolute Gasteiger partial charge is 0.490 e. The van der Waals surface area contributed by atoms with Crippen LogP contribution in [0.15, 0.2) is 42.5 Å². The summed E-state index contributed by atoms with van der Waals surface area (Å²) < 4.78 is 20.2. The van der Waals surface area contributed by atoms with E-state index in [2.05, 4.69) is 38.2 Å². The van der Waals surface area contributed by atoms with Crippen LogP contribution in [-0.2, 0) is 6.42 Å². The summed E-state index contributed by atoms with van der Waals surface area (Å²) in [6.07, 6.45) is 23.0. The third-order valence-electron chi connectivity index (χ3n) is 7.09. The zero-order valence-corrected chi connectivity index (χ0v) is 19.1. The molecule has 0 radical (unpaired) electrons. The minimum Gasteiger partial charge on any atom is -0.490 e. The van der Waals surface area contributed by atoms with Gasteiger partial charge in [-0.2, -0.15) is 0 Å². The zero-order chi connectivity index (χ0) is 21.2. The smallest absolute Gasteiger partial charge is 0.165 e. The van der Waals surface area contributed by atoms with E-state index in [9.17, 15) is 4.39 Å². The highest BCUT2D eigenvalue weighted by Gasteiger charge is 2.27. The lowest BCUT2D eigenvalue weighted by molar-refractivity contribution is 0.208. The summed E-state index contributed by atoms with van der Waals surface area (Å²) in [5, 5.41) is 0. The molecule has 2 aliphatic carbocycles. The van der Waals surface area contributed by atoms with Crippen LogP contribution < -0.4 is 4.74 Å². The summed E-state index contributed by atoms with van der Waals surface area (Å²) in [7, 11) is 0. The van der Waals surface area contributed by atoms with E-state index < -0.39 is 0 Å². The van der Waals surface area contributed by atoms with Gasteiger partial charge in [0.05, 0.1) is 6.61 Å². The van der Waals surface area contributed by atoms with Gasteiger partial charge in [-0.1, -0.05) is 57.1 Å². The van der Waals surface area contributed by atoms with Crippen LogP contribution in [0.2, 0.25) is 0 Å². The Kier molecular flexibility index (Phi) is 9.49. The summed E-state index contributed by atoms with van der Waals surface area (Å²) in [6, 6.07) is 5.49. The summed E-state index contributed by atoms with van der Waals surface area (Å²) in [4.78, 5) is 0. The van der Waals surface area contributed by atoms with E-state index in [0.717, 1.165) is 49.0 Å². The van der Waals surface area contributed by atoms with Gasteiger partial charge in [-0.3, -0.25) is 0 Å². The van der Waals surface area contributed by atoms with Gasteiger partial charge in [-0.15, -0.1) is 0 Å². The molecule has 0 spiro atoms. The second-order valence-electron chi connectivity index (χ2n) is 9.43. The van der Waals surface area contributed by atoms with Crippen LogP contribution in [0.3, 0.4) is 0 Å². The van der Waals surface area contributed by atoms with Crippen molar-refractivity contribution in [1.29, 1.82) is 0 Å². The Morgan fingerprint density at radius 1 is 1.00 bits per heavy atom. The van der Waals surface area contributed by atoms with E-state index in [4.69, 9.17) is 4.74 Å². The van der Waals surface area contributed by atoms with Crippen molar-refractivity contribution in [2.45, 2.75) is 84.5 Å². The molecule has 0 N–H and O–H groups in total. The molecule has 2 aliphatic rings. The Hall–Kier alpha value is -1.57. The second kappa shape index (κ2) is 12.3. The number of unbranched alkanes of at least 4 members (excludes halogenated alkanes) is 2. The number of benzene rings is 1. The molecule has 0 heterocycles. The lowest BCUT2D eigenvalue weighted by atomic mass is 9.72. The lowest BCUT2D eigenvalue weighted by Gasteiger charge is -2.34. The fraction of sp³-hybridized carbons (Fsp3) is 0.643. The second-order valence-corrected chi connectivity index (χ2v) is 9.43. The predicted molar refractivity (Wildman–Crippen MR) is 125 cm³/mol. The molecule has 2 atom stereocenters. The first-order valence-electron chi connectivity index (χ1n) is 12.5. The Bertz CT molecular complexity index is 684. The molecule has 0 saturated heterocycles. The highest BCUT2D eigenvalue weighted by molar-refractivity contribution is 5.29. The molecule has 30 heavy (non-hydrogen) atoms. The van der Waals surface area contributed by atoms with Gasteiger partial charge in [0.15, 0.2) is 11.6 Å².